The topological polar surface area (TPSA) is 55.6 Å². The standard InChI is InChI=1S/C22H28N2O3/c25-21(22-23-11-14-26-22)18-9-12-24(13-10-18)16-17-5-4-8-20(15-17)27-19-6-2-1-3-7-19/h4-5,8,11,14-15,18-19H,1-3,6-7,9-10,12-13,16H2. The molecule has 1 aromatic heterocycles. The molecule has 4 rings (SSSR count). The number of piperidine rings is 1. The minimum Gasteiger partial charge on any atom is -0.490 e. The average Bonchev–Trinajstić information content (AvgIpc) is 3.24. The van der Waals surface area contributed by atoms with E-state index in [1.807, 2.05) is 0 Å². The summed E-state index contributed by atoms with van der Waals surface area (Å²) in [5.74, 6) is 1.32. The van der Waals surface area contributed by atoms with Crippen LogP contribution >= 0.6 is 0 Å². The fourth-order valence-electron chi connectivity index (χ4n) is 4.22. The number of likely N-dealkylation sites (tertiary alicyclic amines) is 1. The quantitative estimate of drug-likeness (QED) is 0.704. The maximum atomic E-state index is 12.4. The summed E-state index contributed by atoms with van der Waals surface area (Å²) in [6.45, 7) is 2.75. The van der Waals surface area contributed by atoms with Crippen LogP contribution in [0.2, 0.25) is 0 Å². The molecule has 2 aliphatic rings. The number of hydrogen-bond acceptors (Lipinski definition) is 5. The van der Waals surface area contributed by atoms with Crippen molar-refractivity contribution < 1.29 is 13.9 Å². The van der Waals surface area contributed by atoms with Gasteiger partial charge in [-0.05, 0) is 69.3 Å². The highest BCUT2D eigenvalue weighted by molar-refractivity contribution is 5.93. The molecule has 5 heteroatoms. The first-order valence-corrected chi connectivity index (χ1v) is 10.2. The Hall–Kier alpha value is -2.14. The molecule has 0 atom stereocenters. The summed E-state index contributed by atoms with van der Waals surface area (Å²) in [6.07, 6.45) is 11.4. The first-order valence-electron chi connectivity index (χ1n) is 10.2. The van der Waals surface area contributed by atoms with Crippen molar-refractivity contribution in [1.29, 1.82) is 0 Å². The van der Waals surface area contributed by atoms with Crippen LogP contribution in [0.15, 0.2) is 41.1 Å². The highest BCUT2D eigenvalue weighted by Crippen LogP contribution is 2.26. The Morgan fingerprint density at radius 3 is 2.70 bits per heavy atom. The van der Waals surface area contributed by atoms with Crippen molar-refractivity contribution in [3.63, 3.8) is 0 Å². The number of hydrogen-bond donors (Lipinski definition) is 0. The summed E-state index contributed by atoms with van der Waals surface area (Å²) in [6, 6.07) is 8.50. The summed E-state index contributed by atoms with van der Waals surface area (Å²) < 4.78 is 11.4. The van der Waals surface area contributed by atoms with Crippen LogP contribution in [0.4, 0.5) is 0 Å². The van der Waals surface area contributed by atoms with Crippen molar-refractivity contribution in [2.75, 3.05) is 13.1 Å². The van der Waals surface area contributed by atoms with Crippen LogP contribution in [0, 0.1) is 5.92 Å². The molecule has 1 aromatic carbocycles. The summed E-state index contributed by atoms with van der Waals surface area (Å²) in [7, 11) is 0. The molecule has 144 valence electrons. The number of carbonyl (C=O) groups is 1. The van der Waals surface area contributed by atoms with Gasteiger partial charge in [-0.3, -0.25) is 9.69 Å². The second kappa shape index (κ2) is 8.70. The van der Waals surface area contributed by atoms with Crippen molar-refractivity contribution in [3.05, 3.63) is 48.2 Å². The van der Waals surface area contributed by atoms with Crippen LogP contribution in [0.3, 0.4) is 0 Å². The van der Waals surface area contributed by atoms with E-state index in [0.29, 0.717) is 6.10 Å². The van der Waals surface area contributed by atoms with Crippen molar-refractivity contribution in [1.82, 2.24) is 9.88 Å². The van der Waals surface area contributed by atoms with E-state index in [9.17, 15) is 4.79 Å². The van der Waals surface area contributed by atoms with Gasteiger partial charge < -0.3 is 9.15 Å². The average molecular weight is 368 g/mol. The number of oxazole rings is 1. The molecule has 1 saturated carbocycles. The fraction of sp³-hybridized carbons (Fsp3) is 0.545. The van der Waals surface area contributed by atoms with Gasteiger partial charge in [0.15, 0.2) is 0 Å². The highest BCUT2D eigenvalue weighted by atomic mass is 16.5. The maximum Gasteiger partial charge on any atom is 0.263 e. The van der Waals surface area contributed by atoms with Crippen LogP contribution in [-0.2, 0) is 6.54 Å². The number of nitrogens with zero attached hydrogens (tertiary/aromatic N) is 2. The molecular weight excluding hydrogens is 340 g/mol. The fourth-order valence-corrected chi connectivity index (χ4v) is 4.22. The van der Waals surface area contributed by atoms with Gasteiger partial charge in [-0.2, -0.15) is 0 Å². The minimum absolute atomic E-state index is 0.0286. The molecule has 0 radical (unpaired) electrons. The normalized spacial score (nSPS) is 19.9. The van der Waals surface area contributed by atoms with E-state index in [2.05, 4.69) is 34.1 Å². The summed E-state index contributed by atoms with van der Waals surface area (Å²) >= 11 is 0. The van der Waals surface area contributed by atoms with E-state index in [1.165, 1.54) is 50.1 Å². The zero-order valence-electron chi connectivity index (χ0n) is 15.8. The first kappa shape index (κ1) is 18.2. The lowest BCUT2D eigenvalue weighted by molar-refractivity contribution is 0.0799. The molecule has 0 spiro atoms. The van der Waals surface area contributed by atoms with Gasteiger partial charge in [0.05, 0.1) is 12.3 Å². The molecule has 0 bridgehead atoms. The van der Waals surface area contributed by atoms with Gasteiger partial charge in [0.2, 0.25) is 5.78 Å². The van der Waals surface area contributed by atoms with Crippen molar-refractivity contribution in [2.45, 2.75) is 57.6 Å². The molecule has 27 heavy (non-hydrogen) atoms. The van der Waals surface area contributed by atoms with Crippen molar-refractivity contribution >= 4 is 5.78 Å². The van der Waals surface area contributed by atoms with Gasteiger partial charge in [-0.25, -0.2) is 4.98 Å². The lowest BCUT2D eigenvalue weighted by Crippen LogP contribution is -2.36. The van der Waals surface area contributed by atoms with Gasteiger partial charge in [0.25, 0.3) is 5.89 Å². The van der Waals surface area contributed by atoms with Crippen LogP contribution in [0.5, 0.6) is 5.75 Å². The predicted octanol–water partition coefficient (Wildman–Crippen LogP) is 4.48. The molecule has 0 N–H and O–H groups in total. The van der Waals surface area contributed by atoms with Crippen molar-refractivity contribution in [3.8, 4) is 5.75 Å². The number of benzene rings is 1. The molecule has 0 unspecified atom stereocenters. The zero-order chi connectivity index (χ0) is 18.5. The number of carbonyl (C=O) groups excluding carboxylic acids is 1. The summed E-state index contributed by atoms with van der Waals surface area (Å²) in [5, 5.41) is 0. The Labute approximate surface area is 160 Å². The monoisotopic (exact) mass is 368 g/mol. The Morgan fingerprint density at radius 1 is 1.15 bits per heavy atom. The molecule has 2 heterocycles. The van der Waals surface area contributed by atoms with E-state index in [-0.39, 0.29) is 17.6 Å². The largest absolute Gasteiger partial charge is 0.490 e. The summed E-state index contributed by atoms with van der Waals surface area (Å²) in [5.41, 5.74) is 1.28. The SMILES string of the molecule is O=C(c1ncco1)C1CCN(Cc2cccc(OC3CCCCC3)c2)CC1. The third-order valence-corrected chi connectivity index (χ3v) is 5.76. The van der Waals surface area contributed by atoms with Gasteiger partial charge in [-0.1, -0.05) is 18.6 Å². The van der Waals surface area contributed by atoms with E-state index in [4.69, 9.17) is 9.15 Å². The number of rotatable bonds is 6. The number of Topliss-reactive ketones (excluding diaryl/α,β-unsaturated/α-hetero) is 1. The lowest BCUT2D eigenvalue weighted by atomic mass is 9.92. The van der Waals surface area contributed by atoms with Crippen LogP contribution < -0.4 is 4.74 Å². The molecule has 0 amide bonds. The first-order chi connectivity index (χ1) is 13.3. The molecule has 5 nitrogen and oxygen atoms in total. The second-order valence-electron chi connectivity index (χ2n) is 7.78. The van der Waals surface area contributed by atoms with E-state index in [0.717, 1.165) is 38.2 Å². The molecule has 1 aliphatic carbocycles. The van der Waals surface area contributed by atoms with E-state index in [1.54, 1.807) is 0 Å². The van der Waals surface area contributed by atoms with Gasteiger partial charge in [0, 0.05) is 12.5 Å². The third kappa shape index (κ3) is 4.78. The highest BCUT2D eigenvalue weighted by Gasteiger charge is 2.28. The molecule has 1 aliphatic heterocycles. The van der Waals surface area contributed by atoms with Crippen molar-refractivity contribution in [2.24, 2.45) is 5.92 Å². The maximum absolute atomic E-state index is 12.4. The second-order valence-corrected chi connectivity index (χ2v) is 7.78. The van der Waals surface area contributed by atoms with Gasteiger partial charge in [-0.15, -0.1) is 0 Å². The molecule has 1 saturated heterocycles. The number of aromatic nitrogens is 1. The lowest BCUT2D eigenvalue weighted by Gasteiger charge is -2.31. The predicted molar refractivity (Wildman–Crippen MR) is 103 cm³/mol. The van der Waals surface area contributed by atoms with Crippen LogP contribution in [0.25, 0.3) is 0 Å². The number of ether oxygens (including phenoxy) is 1. The smallest absolute Gasteiger partial charge is 0.263 e. The third-order valence-electron chi connectivity index (χ3n) is 5.76. The van der Waals surface area contributed by atoms with Gasteiger partial charge >= 0.3 is 0 Å². The number of ketones is 1. The van der Waals surface area contributed by atoms with E-state index >= 15 is 0 Å². The molecule has 2 aromatic rings. The summed E-state index contributed by atoms with van der Waals surface area (Å²) in [4.78, 5) is 18.8. The van der Waals surface area contributed by atoms with Gasteiger partial charge in [0.1, 0.15) is 12.0 Å². The van der Waals surface area contributed by atoms with E-state index < -0.39 is 0 Å². The van der Waals surface area contributed by atoms with Crippen LogP contribution in [-0.4, -0.2) is 34.9 Å². The van der Waals surface area contributed by atoms with Crippen LogP contribution in [0.1, 0.15) is 61.2 Å². The Kier molecular flexibility index (Phi) is 5.87. The Balaban J connectivity index is 1.28. The zero-order valence-corrected chi connectivity index (χ0v) is 15.8. The Bertz CT molecular complexity index is 730. The molecule has 2 fully saturated rings. The molecular formula is C22H28N2O3. The minimum atomic E-state index is 0.0286. The Morgan fingerprint density at radius 2 is 1.96 bits per heavy atom.